The van der Waals surface area contributed by atoms with Crippen LogP contribution in [0, 0.1) is 5.92 Å². The molecule has 1 aromatic carbocycles. The predicted octanol–water partition coefficient (Wildman–Crippen LogP) is 2.90. The second kappa shape index (κ2) is 6.42. The van der Waals surface area contributed by atoms with Crippen LogP contribution in [-0.4, -0.2) is 27.8 Å². The Morgan fingerprint density at radius 1 is 1.26 bits per heavy atom. The molecule has 0 saturated carbocycles. The minimum atomic E-state index is 0.435. The van der Waals surface area contributed by atoms with Gasteiger partial charge in [-0.25, -0.2) is 14.6 Å². The first-order valence-electron chi connectivity index (χ1n) is 7.99. The van der Waals surface area contributed by atoms with Gasteiger partial charge in [-0.1, -0.05) is 32.0 Å². The summed E-state index contributed by atoms with van der Waals surface area (Å²) in [4.78, 5) is 9.13. The van der Waals surface area contributed by atoms with Crippen molar-refractivity contribution in [1.82, 2.24) is 14.6 Å². The first-order valence-corrected chi connectivity index (χ1v) is 7.99. The van der Waals surface area contributed by atoms with E-state index in [0.717, 1.165) is 34.3 Å². The molecule has 3 rings (SSSR count). The van der Waals surface area contributed by atoms with Gasteiger partial charge in [-0.2, -0.15) is 0 Å². The van der Waals surface area contributed by atoms with Crippen molar-refractivity contribution in [2.75, 3.05) is 24.3 Å². The summed E-state index contributed by atoms with van der Waals surface area (Å²) in [5.74, 6) is 1.77. The lowest BCUT2D eigenvalue weighted by Crippen LogP contribution is -2.22. The summed E-state index contributed by atoms with van der Waals surface area (Å²) >= 11 is 0. The molecule has 0 unspecified atom stereocenters. The fraction of sp³-hybridized carbons (Fsp3) is 0.412. The SMILES string of the molecule is CCOCc1nc2c(N)nc3ccccc3c2n1NCC(C)C. The Labute approximate surface area is 135 Å². The molecule has 0 aliphatic rings. The van der Waals surface area contributed by atoms with Crippen LogP contribution < -0.4 is 11.2 Å². The van der Waals surface area contributed by atoms with Crippen molar-refractivity contribution < 1.29 is 4.74 Å². The van der Waals surface area contributed by atoms with Gasteiger partial charge in [0.1, 0.15) is 17.6 Å². The zero-order chi connectivity index (χ0) is 16.4. The van der Waals surface area contributed by atoms with Crippen molar-refractivity contribution in [2.24, 2.45) is 5.92 Å². The summed E-state index contributed by atoms with van der Waals surface area (Å²) in [5, 5.41) is 1.03. The molecule has 0 atom stereocenters. The van der Waals surface area contributed by atoms with Gasteiger partial charge < -0.3 is 15.9 Å². The smallest absolute Gasteiger partial charge is 0.154 e. The average molecular weight is 313 g/mol. The number of nitrogens with one attached hydrogen (secondary N) is 1. The number of nitrogen functional groups attached to an aromatic ring is 1. The lowest BCUT2D eigenvalue weighted by molar-refractivity contribution is 0.127. The van der Waals surface area contributed by atoms with Crippen molar-refractivity contribution >= 4 is 27.8 Å². The number of nitrogens with zero attached hydrogens (tertiary/aromatic N) is 3. The number of para-hydroxylation sites is 1. The highest BCUT2D eigenvalue weighted by molar-refractivity contribution is 6.06. The zero-order valence-corrected chi connectivity index (χ0v) is 13.8. The molecular weight excluding hydrogens is 290 g/mol. The molecule has 0 bridgehead atoms. The number of hydrogen-bond acceptors (Lipinski definition) is 5. The van der Waals surface area contributed by atoms with Crippen LogP contribution in [0.1, 0.15) is 26.6 Å². The highest BCUT2D eigenvalue weighted by Crippen LogP contribution is 2.28. The van der Waals surface area contributed by atoms with Crippen molar-refractivity contribution in [1.29, 1.82) is 0 Å². The quantitative estimate of drug-likeness (QED) is 0.731. The minimum Gasteiger partial charge on any atom is -0.382 e. The van der Waals surface area contributed by atoms with E-state index in [1.807, 2.05) is 35.9 Å². The maximum atomic E-state index is 6.13. The standard InChI is InChI=1S/C17H23N5O/c1-4-23-10-14-21-15-16(22(14)19-9-11(2)3)12-7-5-6-8-13(12)20-17(15)18/h5-8,11,19H,4,9-10H2,1-3H3,(H2,18,20). The number of rotatable bonds is 6. The van der Waals surface area contributed by atoms with Gasteiger partial charge >= 0.3 is 0 Å². The van der Waals surface area contributed by atoms with E-state index in [4.69, 9.17) is 10.5 Å². The van der Waals surface area contributed by atoms with Gasteiger partial charge in [0.2, 0.25) is 0 Å². The van der Waals surface area contributed by atoms with Gasteiger partial charge in [-0.3, -0.25) is 0 Å². The summed E-state index contributed by atoms with van der Waals surface area (Å²) in [6.07, 6.45) is 0. The first kappa shape index (κ1) is 15.6. The molecule has 0 aliphatic heterocycles. The average Bonchev–Trinajstić information content (AvgIpc) is 2.90. The minimum absolute atomic E-state index is 0.435. The molecule has 0 fully saturated rings. The van der Waals surface area contributed by atoms with Gasteiger partial charge in [0, 0.05) is 18.5 Å². The Morgan fingerprint density at radius 3 is 2.78 bits per heavy atom. The monoisotopic (exact) mass is 313 g/mol. The Morgan fingerprint density at radius 2 is 2.04 bits per heavy atom. The van der Waals surface area contributed by atoms with E-state index in [1.54, 1.807) is 0 Å². The van der Waals surface area contributed by atoms with E-state index in [2.05, 4.69) is 29.2 Å². The van der Waals surface area contributed by atoms with E-state index < -0.39 is 0 Å². The Bertz CT molecular complexity index is 825. The van der Waals surface area contributed by atoms with Crippen LogP contribution in [0.4, 0.5) is 5.82 Å². The highest BCUT2D eigenvalue weighted by Gasteiger charge is 2.17. The number of ether oxygens (including phenoxy) is 1. The normalized spacial score (nSPS) is 11.7. The fourth-order valence-electron chi connectivity index (χ4n) is 2.58. The lowest BCUT2D eigenvalue weighted by atomic mass is 10.2. The van der Waals surface area contributed by atoms with Crippen LogP contribution in [0.5, 0.6) is 0 Å². The third kappa shape index (κ3) is 2.94. The number of pyridine rings is 1. The molecule has 0 spiro atoms. The molecule has 2 heterocycles. The summed E-state index contributed by atoms with van der Waals surface area (Å²) in [5.41, 5.74) is 12.1. The third-order valence-corrected chi connectivity index (χ3v) is 3.68. The molecule has 122 valence electrons. The number of benzene rings is 1. The number of aromatic nitrogens is 3. The lowest BCUT2D eigenvalue weighted by Gasteiger charge is -2.15. The number of imidazole rings is 1. The van der Waals surface area contributed by atoms with Crippen LogP contribution in [-0.2, 0) is 11.3 Å². The van der Waals surface area contributed by atoms with Crippen molar-refractivity contribution in [3.63, 3.8) is 0 Å². The summed E-state index contributed by atoms with van der Waals surface area (Å²) in [6, 6.07) is 7.97. The number of anilines is 1. The fourth-order valence-corrected chi connectivity index (χ4v) is 2.58. The van der Waals surface area contributed by atoms with Crippen LogP contribution in [0.3, 0.4) is 0 Å². The third-order valence-electron chi connectivity index (χ3n) is 3.68. The molecule has 3 N–H and O–H groups in total. The number of fused-ring (bicyclic) bond motifs is 3. The maximum absolute atomic E-state index is 6.13. The summed E-state index contributed by atoms with van der Waals surface area (Å²) in [7, 11) is 0. The topological polar surface area (TPSA) is 78.0 Å². The largest absolute Gasteiger partial charge is 0.382 e. The summed E-state index contributed by atoms with van der Waals surface area (Å²) in [6.45, 7) is 8.22. The molecule has 6 heteroatoms. The van der Waals surface area contributed by atoms with Gasteiger partial charge in [0.15, 0.2) is 11.6 Å². The Hall–Kier alpha value is -2.34. The van der Waals surface area contributed by atoms with Crippen LogP contribution >= 0.6 is 0 Å². The van der Waals surface area contributed by atoms with Gasteiger partial charge in [0.05, 0.1) is 5.52 Å². The van der Waals surface area contributed by atoms with E-state index in [0.29, 0.717) is 24.9 Å². The Kier molecular flexibility index (Phi) is 4.34. The van der Waals surface area contributed by atoms with Crippen molar-refractivity contribution in [3.05, 3.63) is 30.1 Å². The van der Waals surface area contributed by atoms with E-state index >= 15 is 0 Å². The molecule has 0 aliphatic carbocycles. The molecule has 0 saturated heterocycles. The molecular formula is C17H23N5O. The Balaban J connectivity index is 2.23. The molecule has 3 aromatic rings. The summed E-state index contributed by atoms with van der Waals surface area (Å²) < 4.78 is 7.57. The highest BCUT2D eigenvalue weighted by atomic mass is 16.5. The zero-order valence-electron chi connectivity index (χ0n) is 13.8. The second-order valence-corrected chi connectivity index (χ2v) is 5.97. The molecule has 23 heavy (non-hydrogen) atoms. The van der Waals surface area contributed by atoms with E-state index in [1.165, 1.54) is 0 Å². The molecule has 6 nitrogen and oxygen atoms in total. The van der Waals surface area contributed by atoms with Crippen LogP contribution in [0.25, 0.3) is 21.9 Å². The van der Waals surface area contributed by atoms with Crippen LogP contribution in [0.15, 0.2) is 24.3 Å². The predicted molar refractivity (Wildman–Crippen MR) is 93.8 cm³/mol. The maximum Gasteiger partial charge on any atom is 0.154 e. The number of hydrogen-bond donors (Lipinski definition) is 2. The van der Waals surface area contributed by atoms with Crippen molar-refractivity contribution in [3.8, 4) is 0 Å². The second-order valence-electron chi connectivity index (χ2n) is 5.97. The molecule has 2 aromatic heterocycles. The van der Waals surface area contributed by atoms with Gasteiger partial charge in [-0.05, 0) is 18.9 Å². The van der Waals surface area contributed by atoms with E-state index in [9.17, 15) is 0 Å². The van der Waals surface area contributed by atoms with Crippen LogP contribution in [0.2, 0.25) is 0 Å². The van der Waals surface area contributed by atoms with E-state index in [-0.39, 0.29) is 0 Å². The molecule has 0 radical (unpaired) electrons. The van der Waals surface area contributed by atoms with Gasteiger partial charge in [-0.15, -0.1) is 0 Å². The van der Waals surface area contributed by atoms with Gasteiger partial charge in [0.25, 0.3) is 0 Å². The van der Waals surface area contributed by atoms with Crippen molar-refractivity contribution in [2.45, 2.75) is 27.4 Å². The molecule has 0 amide bonds. The number of nitrogens with two attached hydrogens (primary N) is 1. The first-order chi connectivity index (χ1) is 11.1.